The molecule has 1 aromatic rings. The normalized spacial score (nSPS) is 29.5. The number of nitrogens with zero attached hydrogens (tertiary/aromatic N) is 1. The van der Waals surface area contributed by atoms with E-state index in [0.717, 1.165) is 35.7 Å². The summed E-state index contributed by atoms with van der Waals surface area (Å²) in [5.74, 6) is -0.321. The molecule has 0 spiro atoms. The van der Waals surface area contributed by atoms with Crippen LogP contribution in [-0.4, -0.2) is 35.2 Å². The van der Waals surface area contributed by atoms with E-state index in [9.17, 15) is 4.79 Å². The highest BCUT2D eigenvalue weighted by molar-refractivity contribution is 9.10. The van der Waals surface area contributed by atoms with Crippen molar-refractivity contribution in [3.63, 3.8) is 0 Å². The molecule has 3 heterocycles. The molecule has 0 amide bonds. The van der Waals surface area contributed by atoms with Crippen LogP contribution in [-0.2, 0) is 19.9 Å². The number of ether oxygens (including phenoxy) is 2. The first-order valence-corrected chi connectivity index (χ1v) is 9.29. The highest BCUT2D eigenvalue weighted by Crippen LogP contribution is 2.45. The molecule has 1 aromatic heterocycles. The number of carbonyl (C=O) groups excluding carboxylic acids is 1. The summed E-state index contributed by atoms with van der Waals surface area (Å²) in [6.07, 6.45) is 7.60. The molecule has 2 aliphatic rings. The Morgan fingerprint density at radius 1 is 1.38 bits per heavy atom. The molecular formula is C18H25BrN2O3. The van der Waals surface area contributed by atoms with Gasteiger partial charge in [0.2, 0.25) is 0 Å². The fraction of sp³-hybridized carbons (Fsp3) is 0.667. The zero-order chi connectivity index (χ0) is 17.4. The molecule has 2 fully saturated rings. The maximum Gasteiger partial charge on any atom is 0.332 e. The number of pyridine rings is 1. The first-order valence-electron chi connectivity index (χ1n) is 8.49. The number of hydrogen-bond acceptors (Lipinski definition) is 5. The summed E-state index contributed by atoms with van der Waals surface area (Å²) in [4.78, 5) is 16.3. The Kier molecular flexibility index (Phi) is 5.00. The topological polar surface area (TPSA) is 60.5 Å². The van der Waals surface area contributed by atoms with Crippen LogP contribution in [0.1, 0.15) is 52.0 Å². The van der Waals surface area contributed by atoms with Crippen molar-refractivity contribution in [1.29, 1.82) is 0 Å². The molecule has 2 bridgehead atoms. The Hall–Kier alpha value is -0.980. The van der Waals surface area contributed by atoms with E-state index in [1.54, 1.807) is 12.4 Å². The Labute approximate surface area is 151 Å². The number of aromatic nitrogens is 1. The van der Waals surface area contributed by atoms with Gasteiger partial charge >= 0.3 is 5.97 Å². The summed E-state index contributed by atoms with van der Waals surface area (Å²) in [5.41, 5.74) is 0.0905. The predicted molar refractivity (Wildman–Crippen MR) is 94.6 cm³/mol. The van der Waals surface area contributed by atoms with Crippen LogP contribution in [0.15, 0.2) is 22.9 Å². The molecule has 24 heavy (non-hydrogen) atoms. The maximum atomic E-state index is 12.2. The second-order valence-electron chi connectivity index (χ2n) is 7.77. The number of nitrogens with one attached hydrogen (secondary N) is 1. The van der Waals surface area contributed by atoms with Gasteiger partial charge in [0.25, 0.3) is 0 Å². The van der Waals surface area contributed by atoms with Gasteiger partial charge in [-0.2, -0.15) is 0 Å². The van der Waals surface area contributed by atoms with Crippen molar-refractivity contribution in [2.75, 3.05) is 6.61 Å². The van der Waals surface area contributed by atoms with E-state index in [0.29, 0.717) is 12.1 Å². The van der Waals surface area contributed by atoms with Crippen LogP contribution < -0.4 is 5.32 Å². The third kappa shape index (κ3) is 3.98. The van der Waals surface area contributed by atoms with Gasteiger partial charge in [0.15, 0.2) is 0 Å². The summed E-state index contributed by atoms with van der Waals surface area (Å²) in [6.45, 7) is 5.56. The fourth-order valence-corrected chi connectivity index (χ4v) is 4.44. The Morgan fingerprint density at radius 2 is 2.04 bits per heavy atom. The molecule has 0 aliphatic carbocycles. The minimum absolute atomic E-state index is 0.0362. The van der Waals surface area contributed by atoms with Crippen LogP contribution in [0.2, 0.25) is 0 Å². The Bertz CT molecular complexity index is 603. The number of hydrogen-bond donors (Lipinski definition) is 1. The van der Waals surface area contributed by atoms with E-state index in [-0.39, 0.29) is 12.6 Å². The van der Waals surface area contributed by atoms with E-state index in [4.69, 9.17) is 9.47 Å². The molecule has 0 radical (unpaired) electrons. The predicted octanol–water partition coefficient (Wildman–Crippen LogP) is 3.31. The van der Waals surface area contributed by atoms with Gasteiger partial charge in [-0.1, -0.05) is 0 Å². The largest absolute Gasteiger partial charge is 0.458 e. The van der Waals surface area contributed by atoms with E-state index in [1.165, 1.54) is 0 Å². The van der Waals surface area contributed by atoms with Crippen molar-refractivity contribution in [3.8, 4) is 0 Å². The van der Waals surface area contributed by atoms with Crippen LogP contribution in [0, 0.1) is 0 Å². The van der Waals surface area contributed by atoms with Crippen molar-refractivity contribution in [2.24, 2.45) is 0 Å². The van der Waals surface area contributed by atoms with Gasteiger partial charge < -0.3 is 14.8 Å². The molecule has 3 rings (SSSR count). The minimum Gasteiger partial charge on any atom is -0.458 e. The molecule has 0 aromatic carbocycles. The average Bonchev–Trinajstić information content (AvgIpc) is 2.83. The van der Waals surface area contributed by atoms with Crippen LogP contribution >= 0.6 is 15.9 Å². The third-order valence-electron chi connectivity index (χ3n) is 4.64. The standard InChI is InChI=1S/C18H25BrN2O3/c1-17(2,3)24-16(22)11-23-18(14-6-7-20-10-15(14)19)8-12-4-5-13(9-18)21-12/h6-7,10,12-13,21H,4-5,8-9,11H2,1-3H3. The number of esters is 1. The van der Waals surface area contributed by atoms with Gasteiger partial charge in [0.1, 0.15) is 12.2 Å². The molecule has 1 N–H and O–H groups in total. The van der Waals surface area contributed by atoms with Crippen LogP contribution in [0.5, 0.6) is 0 Å². The second-order valence-corrected chi connectivity index (χ2v) is 8.63. The SMILES string of the molecule is CC(C)(C)OC(=O)COC1(c2ccncc2Br)CC2CCC(C1)N2. The van der Waals surface area contributed by atoms with Gasteiger partial charge in [-0.05, 0) is 68.5 Å². The van der Waals surface area contributed by atoms with Crippen molar-refractivity contribution in [3.05, 3.63) is 28.5 Å². The zero-order valence-corrected chi connectivity index (χ0v) is 16.1. The highest BCUT2D eigenvalue weighted by atomic mass is 79.9. The van der Waals surface area contributed by atoms with Crippen molar-refractivity contribution in [1.82, 2.24) is 10.3 Å². The van der Waals surface area contributed by atoms with Crippen molar-refractivity contribution < 1.29 is 14.3 Å². The zero-order valence-electron chi connectivity index (χ0n) is 14.5. The molecule has 2 atom stereocenters. The lowest BCUT2D eigenvalue weighted by molar-refractivity contribution is -0.171. The summed E-state index contributed by atoms with van der Waals surface area (Å²) in [5, 5.41) is 3.63. The summed E-state index contributed by atoms with van der Waals surface area (Å²) in [7, 11) is 0. The molecule has 5 nitrogen and oxygen atoms in total. The smallest absolute Gasteiger partial charge is 0.332 e. The van der Waals surface area contributed by atoms with E-state index in [2.05, 4.69) is 26.2 Å². The van der Waals surface area contributed by atoms with Gasteiger partial charge in [-0.15, -0.1) is 0 Å². The number of piperidine rings is 1. The lowest BCUT2D eigenvalue weighted by Crippen LogP contribution is -2.49. The quantitative estimate of drug-likeness (QED) is 0.790. The average molecular weight is 397 g/mol. The Balaban J connectivity index is 1.81. The maximum absolute atomic E-state index is 12.2. The minimum atomic E-state index is -0.502. The number of halogens is 1. The van der Waals surface area contributed by atoms with E-state index >= 15 is 0 Å². The molecule has 2 unspecified atom stereocenters. The molecule has 6 heteroatoms. The van der Waals surface area contributed by atoms with E-state index in [1.807, 2.05) is 26.8 Å². The van der Waals surface area contributed by atoms with Gasteiger partial charge in [0.05, 0.1) is 5.60 Å². The third-order valence-corrected chi connectivity index (χ3v) is 5.27. The van der Waals surface area contributed by atoms with Crippen molar-refractivity contribution in [2.45, 2.75) is 69.7 Å². The molecule has 132 valence electrons. The molecular weight excluding hydrogens is 372 g/mol. The summed E-state index contributed by atoms with van der Waals surface area (Å²) in [6, 6.07) is 2.86. The molecule has 0 saturated carbocycles. The lowest BCUT2D eigenvalue weighted by atomic mass is 9.81. The Morgan fingerprint density at radius 3 is 2.62 bits per heavy atom. The highest BCUT2D eigenvalue weighted by Gasteiger charge is 2.47. The summed E-state index contributed by atoms with van der Waals surface area (Å²) >= 11 is 3.60. The first kappa shape index (κ1) is 17.8. The van der Waals surface area contributed by atoms with Crippen LogP contribution in [0.3, 0.4) is 0 Å². The number of rotatable bonds is 4. The summed E-state index contributed by atoms with van der Waals surface area (Å²) < 4.78 is 12.6. The van der Waals surface area contributed by atoms with E-state index < -0.39 is 11.2 Å². The van der Waals surface area contributed by atoms with Crippen LogP contribution in [0.25, 0.3) is 0 Å². The van der Waals surface area contributed by atoms with Crippen LogP contribution in [0.4, 0.5) is 0 Å². The molecule has 2 saturated heterocycles. The monoisotopic (exact) mass is 396 g/mol. The number of carbonyl (C=O) groups is 1. The first-order chi connectivity index (χ1) is 11.3. The van der Waals surface area contributed by atoms with Crippen molar-refractivity contribution >= 4 is 21.9 Å². The molecule has 2 aliphatic heterocycles. The number of fused-ring (bicyclic) bond motifs is 2. The fourth-order valence-electron chi connectivity index (χ4n) is 3.83. The van der Waals surface area contributed by atoms with Gasteiger partial charge in [0, 0.05) is 34.5 Å². The lowest BCUT2D eigenvalue weighted by Gasteiger charge is -2.42. The van der Waals surface area contributed by atoms with Gasteiger partial charge in [-0.3, -0.25) is 4.98 Å². The second kappa shape index (κ2) is 6.73. The van der Waals surface area contributed by atoms with Gasteiger partial charge in [-0.25, -0.2) is 4.79 Å².